The van der Waals surface area contributed by atoms with E-state index in [1.54, 1.807) is 35.6 Å². The highest BCUT2D eigenvalue weighted by molar-refractivity contribution is 5.90. The van der Waals surface area contributed by atoms with E-state index in [4.69, 9.17) is 4.74 Å². The minimum absolute atomic E-state index is 0.0215. The number of hydrogen-bond acceptors (Lipinski definition) is 5. The van der Waals surface area contributed by atoms with E-state index in [-0.39, 0.29) is 18.0 Å². The Morgan fingerprint density at radius 1 is 1.35 bits per heavy atom. The highest BCUT2D eigenvalue weighted by Gasteiger charge is 2.26. The number of methoxy groups -OCH3 is 1. The molecule has 0 saturated carbocycles. The second-order valence-electron chi connectivity index (χ2n) is 6.03. The first-order valence-electron chi connectivity index (χ1n) is 8.39. The third kappa shape index (κ3) is 4.47. The zero-order valence-corrected chi connectivity index (χ0v) is 14.5. The van der Waals surface area contributed by atoms with Gasteiger partial charge in [0.15, 0.2) is 0 Å². The molecule has 0 aliphatic carbocycles. The van der Waals surface area contributed by atoms with Crippen molar-refractivity contribution in [3.05, 3.63) is 48.4 Å². The van der Waals surface area contributed by atoms with E-state index >= 15 is 0 Å². The molecule has 3 rings (SSSR count). The van der Waals surface area contributed by atoms with Gasteiger partial charge in [0.1, 0.15) is 5.69 Å². The van der Waals surface area contributed by atoms with Crippen molar-refractivity contribution in [1.29, 1.82) is 0 Å². The standard InChI is InChI=1S/C18H21N5O3/c1-26-17-15(3-2-8-20-17)22-18(25)23(11-13-6-9-19-10-7-13)12-14-4-5-16(24)21-14/h2-3,6-10,14H,4-5,11-12H2,1H3,(H,21,24)(H,22,25). The first-order chi connectivity index (χ1) is 12.7. The predicted octanol–water partition coefficient (Wildman–Crippen LogP) is 1.80. The zero-order chi connectivity index (χ0) is 18.4. The van der Waals surface area contributed by atoms with Gasteiger partial charge < -0.3 is 20.3 Å². The van der Waals surface area contributed by atoms with Crippen molar-refractivity contribution >= 4 is 17.6 Å². The van der Waals surface area contributed by atoms with Gasteiger partial charge in [0.05, 0.1) is 7.11 Å². The van der Waals surface area contributed by atoms with E-state index < -0.39 is 0 Å². The van der Waals surface area contributed by atoms with E-state index in [9.17, 15) is 9.59 Å². The van der Waals surface area contributed by atoms with Crippen molar-refractivity contribution in [3.63, 3.8) is 0 Å². The van der Waals surface area contributed by atoms with Crippen LogP contribution in [0.4, 0.5) is 10.5 Å². The molecule has 3 amide bonds. The van der Waals surface area contributed by atoms with E-state index in [1.807, 2.05) is 12.1 Å². The van der Waals surface area contributed by atoms with Gasteiger partial charge in [-0.15, -0.1) is 0 Å². The Labute approximate surface area is 151 Å². The highest BCUT2D eigenvalue weighted by atomic mass is 16.5. The molecule has 1 fully saturated rings. The predicted molar refractivity (Wildman–Crippen MR) is 95.6 cm³/mol. The van der Waals surface area contributed by atoms with Crippen LogP contribution in [-0.4, -0.2) is 46.5 Å². The second-order valence-corrected chi connectivity index (χ2v) is 6.03. The van der Waals surface area contributed by atoms with Gasteiger partial charge in [-0.25, -0.2) is 9.78 Å². The van der Waals surface area contributed by atoms with Crippen molar-refractivity contribution in [3.8, 4) is 5.88 Å². The van der Waals surface area contributed by atoms with Crippen molar-refractivity contribution in [2.45, 2.75) is 25.4 Å². The Morgan fingerprint density at radius 3 is 2.85 bits per heavy atom. The molecule has 0 radical (unpaired) electrons. The molecular formula is C18H21N5O3. The largest absolute Gasteiger partial charge is 0.480 e. The molecule has 1 aliphatic rings. The number of carbonyl (C=O) groups is 2. The van der Waals surface area contributed by atoms with Crippen LogP contribution in [0.15, 0.2) is 42.9 Å². The number of urea groups is 1. The van der Waals surface area contributed by atoms with Crippen LogP contribution in [-0.2, 0) is 11.3 Å². The van der Waals surface area contributed by atoms with Gasteiger partial charge in [-0.3, -0.25) is 9.78 Å². The Hall–Kier alpha value is -3.16. The quantitative estimate of drug-likeness (QED) is 0.824. The molecule has 0 spiro atoms. The molecule has 1 atom stereocenters. The Bertz CT molecular complexity index is 768. The first-order valence-corrected chi connectivity index (χ1v) is 8.39. The average Bonchev–Trinajstić information content (AvgIpc) is 3.07. The van der Waals surface area contributed by atoms with Crippen LogP contribution in [0.3, 0.4) is 0 Å². The number of anilines is 1. The summed E-state index contributed by atoms with van der Waals surface area (Å²) in [5.41, 5.74) is 1.45. The number of hydrogen-bond donors (Lipinski definition) is 2. The third-order valence-electron chi connectivity index (χ3n) is 4.14. The van der Waals surface area contributed by atoms with Crippen molar-refractivity contribution in [2.24, 2.45) is 0 Å². The van der Waals surface area contributed by atoms with Crippen molar-refractivity contribution in [2.75, 3.05) is 19.0 Å². The molecular weight excluding hydrogens is 334 g/mol. The van der Waals surface area contributed by atoms with E-state index in [0.29, 0.717) is 31.1 Å². The van der Waals surface area contributed by atoms with Crippen molar-refractivity contribution in [1.82, 2.24) is 20.2 Å². The third-order valence-corrected chi connectivity index (χ3v) is 4.14. The lowest BCUT2D eigenvalue weighted by Crippen LogP contribution is -2.43. The number of carbonyl (C=O) groups excluding carboxylic acids is 2. The lowest BCUT2D eigenvalue weighted by molar-refractivity contribution is -0.119. The Balaban J connectivity index is 1.74. The lowest BCUT2D eigenvalue weighted by Gasteiger charge is -2.26. The summed E-state index contributed by atoms with van der Waals surface area (Å²) < 4.78 is 5.18. The molecule has 0 bridgehead atoms. The fourth-order valence-corrected chi connectivity index (χ4v) is 2.85. The molecule has 136 valence electrons. The summed E-state index contributed by atoms with van der Waals surface area (Å²) >= 11 is 0. The van der Waals surface area contributed by atoms with Gasteiger partial charge in [-0.05, 0) is 36.2 Å². The number of aromatic nitrogens is 2. The van der Waals surface area contributed by atoms with E-state index in [2.05, 4.69) is 20.6 Å². The van der Waals surface area contributed by atoms with Crippen LogP contribution in [0.1, 0.15) is 18.4 Å². The fraction of sp³-hybridized carbons (Fsp3) is 0.333. The summed E-state index contributed by atoms with van der Waals surface area (Å²) in [6.07, 6.45) is 6.18. The summed E-state index contributed by atoms with van der Waals surface area (Å²) in [5, 5.41) is 5.74. The normalized spacial score (nSPS) is 16.0. The summed E-state index contributed by atoms with van der Waals surface area (Å²) in [4.78, 5) is 34.1. The fourth-order valence-electron chi connectivity index (χ4n) is 2.85. The summed E-state index contributed by atoms with van der Waals surface area (Å²) in [6.45, 7) is 0.825. The minimum atomic E-state index is -0.283. The lowest BCUT2D eigenvalue weighted by atomic mass is 10.2. The van der Waals surface area contributed by atoms with Gasteiger partial charge in [0, 0.05) is 44.1 Å². The van der Waals surface area contributed by atoms with Gasteiger partial charge in [0.2, 0.25) is 11.8 Å². The second kappa shape index (κ2) is 8.28. The van der Waals surface area contributed by atoms with Gasteiger partial charge in [-0.1, -0.05) is 0 Å². The van der Waals surface area contributed by atoms with Crippen LogP contribution >= 0.6 is 0 Å². The number of pyridine rings is 2. The number of rotatable bonds is 6. The molecule has 3 heterocycles. The summed E-state index contributed by atoms with van der Waals surface area (Å²) in [7, 11) is 1.50. The van der Waals surface area contributed by atoms with Crippen LogP contribution in [0.2, 0.25) is 0 Å². The molecule has 8 nitrogen and oxygen atoms in total. The van der Waals surface area contributed by atoms with Gasteiger partial charge in [0.25, 0.3) is 0 Å². The molecule has 2 aromatic heterocycles. The molecule has 0 aromatic carbocycles. The van der Waals surface area contributed by atoms with Crippen molar-refractivity contribution < 1.29 is 14.3 Å². The van der Waals surface area contributed by atoms with Gasteiger partial charge in [-0.2, -0.15) is 0 Å². The monoisotopic (exact) mass is 355 g/mol. The maximum absolute atomic E-state index is 12.9. The SMILES string of the molecule is COc1ncccc1NC(=O)N(Cc1ccncc1)CC1CCC(=O)N1. The summed E-state index contributed by atoms with van der Waals surface area (Å²) in [6, 6.07) is 6.84. The molecule has 2 aromatic rings. The molecule has 26 heavy (non-hydrogen) atoms. The van der Waals surface area contributed by atoms with Crippen LogP contribution in [0.25, 0.3) is 0 Å². The van der Waals surface area contributed by atoms with Crippen LogP contribution < -0.4 is 15.4 Å². The summed E-state index contributed by atoms with van der Waals surface area (Å²) in [5.74, 6) is 0.368. The topological polar surface area (TPSA) is 96.4 Å². The van der Waals surface area contributed by atoms with Crippen LogP contribution in [0.5, 0.6) is 5.88 Å². The maximum Gasteiger partial charge on any atom is 0.322 e. The minimum Gasteiger partial charge on any atom is -0.480 e. The number of amides is 3. The molecule has 8 heteroatoms. The average molecular weight is 355 g/mol. The highest BCUT2D eigenvalue weighted by Crippen LogP contribution is 2.21. The Morgan fingerprint density at radius 2 is 2.15 bits per heavy atom. The number of nitrogens with one attached hydrogen (secondary N) is 2. The molecule has 1 saturated heterocycles. The maximum atomic E-state index is 12.9. The molecule has 1 unspecified atom stereocenters. The van der Waals surface area contributed by atoms with E-state index in [0.717, 1.165) is 12.0 Å². The molecule has 2 N–H and O–H groups in total. The van der Waals surface area contributed by atoms with Gasteiger partial charge >= 0.3 is 6.03 Å². The van der Waals surface area contributed by atoms with E-state index in [1.165, 1.54) is 7.11 Å². The number of ether oxygens (including phenoxy) is 1. The zero-order valence-electron chi connectivity index (χ0n) is 14.5. The molecule has 1 aliphatic heterocycles. The number of nitrogens with zero attached hydrogens (tertiary/aromatic N) is 3. The van der Waals surface area contributed by atoms with Crippen LogP contribution in [0, 0.1) is 0 Å². The smallest absolute Gasteiger partial charge is 0.322 e. The Kier molecular flexibility index (Phi) is 5.62. The first kappa shape index (κ1) is 17.7.